The highest BCUT2D eigenvalue weighted by atomic mass is 19.1. The number of amides is 1. The number of imidazole rings is 1. The van der Waals surface area contributed by atoms with Gasteiger partial charge < -0.3 is 19.5 Å². The van der Waals surface area contributed by atoms with Crippen molar-refractivity contribution in [2.45, 2.75) is 91.0 Å². The first kappa shape index (κ1) is 41.5. The third kappa shape index (κ3) is 7.36. The molecule has 3 aliphatic rings. The predicted octanol–water partition coefficient (Wildman–Crippen LogP) is 7.61. The summed E-state index contributed by atoms with van der Waals surface area (Å²) in [5.41, 5.74) is 6.69. The number of pyridine rings is 2. The summed E-state index contributed by atoms with van der Waals surface area (Å²) >= 11 is 0. The Kier molecular flexibility index (Phi) is 10.3. The number of likely N-dealkylation sites (tertiary alicyclic amines) is 1. The third-order valence-corrected chi connectivity index (χ3v) is 13.4. The largest absolute Gasteiger partial charge is 0.385 e. The Balaban J connectivity index is 0.971. The van der Waals surface area contributed by atoms with Crippen molar-refractivity contribution in [1.82, 2.24) is 43.4 Å². The van der Waals surface area contributed by atoms with E-state index >= 15 is 4.39 Å². The maximum atomic E-state index is 15.2. The van der Waals surface area contributed by atoms with Crippen LogP contribution in [0.15, 0.2) is 83.9 Å². The fraction of sp³-hybridized carbons (Fsp3) is 0.380. The number of aromatic nitrogens is 7. The Morgan fingerprint density at radius 1 is 0.984 bits per heavy atom. The van der Waals surface area contributed by atoms with E-state index in [2.05, 4.69) is 35.6 Å². The quantitative estimate of drug-likeness (QED) is 0.163. The molecule has 10 rings (SSSR count). The molecule has 1 N–H and O–H groups in total. The zero-order chi connectivity index (χ0) is 44.5. The molecule has 2 aliphatic heterocycles. The third-order valence-electron chi connectivity index (χ3n) is 13.4. The van der Waals surface area contributed by atoms with Crippen molar-refractivity contribution in [2.24, 2.45) is 5.41 Å². The number of hydrogen-bond donors (Lipinski definition) is 1. The zero-order valence-corrected chi connectivity index (χ0v) is 36.7. The van der Waals surface area contributed by atoms with Gasteiger partial charge in [0.15, 0.2) is 11.5 Å². The average Bonchev–Trinajstić information content (AvgIpc) is 3.76. The molecule has 7 heterocycles. The van der Waals surface area contributed by atoms with Crippen molar-refractivity contribution in [3.8, 4) is 23.1 Å². The SMILES string of the molecule is Cc1nc(-c2ccc(C3(O)CCC3)cc2)nc2c1n(-c1ccc(C(=O)N3CCc4c(n(Cc5ccc(C#N)cc5F)c5ncccc45)C3)nc1)c(=O)n2C1CCN(CC(C)(C)C)CC1. The summed E-state index contributed by atoms with van der Waals surface area (Å²) in [5.74, 6) is -0.226. The summed E-state index contributed by atoms with van der Waals surface area (Å²) in [6.45, 7) is 12.2. The van der Waals surface area contributed by atoms with Gasteiger partial charge in [-0.05, 0) is 98.4 Å². The molecule has 7 aromatic rings. The molecule has 0 spiro atoms. The van der Waals surface area contributed by atoms with E-state index in [-0.39, 0.29) is 47.4 Å². The van der Waals surface area contributed by atoms with Gasteiger partial charge >= 0.3 is 5.69 Å². The molecule has 0 unspecified atom stereocenters. The van der Waals surface area contributed by atoms with Gasteiger partial charge in [-0.3, -0.25) is 13.9 Å². The van der Waals surface area contributed by atoms with Gasteiger partial charge in [0, 0.05) is 60.6 Å². The standard InChI is InChI=1S/C50H51FN10O3/c1-31-43-46(56-44(55-31)33-10-12-35(13-11-33)50(64)19-6-20-50)61(36-16-22-57(23-17-36)30-49(2,3)4)48(63)60(43)37-14-15-41(54-27-37)47(62)58-24-18-38-39-7-5-21-53-45(39)59(42(38)29-58)28-34-9-8-32(26-52)25-40(34)51/h5,7-15,21,25,27,36,64H,6,16-20,22-24,28-30H2,1-4H3. The second kappa shape index (κ2) is 15.9. The number of halogens is 1. The van der Waals surface area contributed by atoms with Crippen molar-refractivity contribution in [3.05, 3.63) is 135 Å². The van der Waals surface area contributed by atoms with E-state index in [4.69, 9.17) is 9.97 Å². The molecule has 0 radical (unpaired) electrons. The monoisotopic (exact) mass is 858 g/mol. The first-order valence-corrected chi connectivity index (χ1v) is 22.2. The van der Waals surface area contributed by atoms with Crippen LogP contribution in [-0.2, 0) is 25.1 Å². The summed E-state index contributed by atoms with van der Waals surface area (Å²) in [6.07, 6.45) is 7.96. The predicted molar refractivity (Wildman–Crippen MR) is 241 cm³/mol. The van der Waals surface area contributed by atoms with Crippen LogP contribution >= 0.6 is 0 Å². The van der Waals surface area contributed by atoms with Crippen molar-refractivity contribution in [2.75, 3.05) is 26.2 Å². The van der Waals surface area contributed by atoms with E-state index in [0.29, 0.717) is 52.5 Å². The van der Waals surface area contributed by atoms with Gasteiger partial charge in [-0.1, -0.05) is 51.1 Å². The summed E-state index contributed by atoms with van der Waals surface area (Å²) in [7, 11) is 0. The molecule has 13 nitrogen and oxygen atoms in total. The molecular formula is C50H51FN10O3. The van der Waals surface area contributed by atoms with Crippen LogP contribution < -0.4 is 5.69 Å². The zero-order valence-electron chi connectivity index (χ0n) is 36.7. The van der Waals surface area contributed by atoms with Gasteiger partial charge in [-0.25, -0.2) is 29.1 Å². The molecule has 0 atom stereocenters. The van der Waals surface area contributed by atoms with Crippen molar-refractivity contribution in [1.29, 1.82) is 5.26 Å². The molecule has 326 valence electrons. The van der Waals surface area contributed by atoms with Crippen LogP contribution in [0, 0.1) is 29.5 Å². The first-order valence-electron chi connectivity index (χ1n) is 22.2. The molecule has 2 aromatic carbocycles. The van der Waals surface area contributed by atoms with E-state index in [9.17, 15) is 20.0 Å². The van der Waals surface area contributed by atoms with Gasteiger partial charge in [0.1, 0.15) is 22.7 Å². The van der Waals surface area contributed by atoms with Crippen LogP contribution in [0.4, 0.5) is 4.39 Å². The number of benzene rings is 2. The summed E-state index contributed by atoms with van der Waals surface area (Å²) in [6, 6.07) is 21.5. The molecule has 1 saturated heterocycles. The van der Waals surface area contributed by atoms with Crippen molar-refractivity contribution in [3.63, 3.8) is 0 Å². The molecule has 0 bridgehead atoms. The summed E-state index contributed by atoms with van der Waals surface area (Å²) in [5, 5.41) is 21.2. The molecule has 1 saturated carbocycles. The molecule has 14 heteroatoms. The number of hydrogen-bond acceptors (Lipinski definition) is 9. The lowest BCUT2D eigenvalue weighted by atomic mass is 9.75. The van der Waals surface area contributed by atoms with Crippen LogP contribution in [0.3, 0.4) is 0 Å². The highest BCUT2D eigenvalue weighted by Crippen LogP contribution is 2.41. The van der Waals surface area contributed by atoms with Crippen LogP contribution in [-0.4, -0.2) is 80.6 Å². The Morgan fingerprint density at radius 3 is 2.44 bits per heavy atom. The lowest BCUT2D eigenvalue weighted by Gasteiger charge is -2.37. The van der Waals surface area contributed by atoms with Gasteiger partial charge in [-0.2, -0.15) is 5.26 Å². The van der Waals surface area contributed by atoms with Crippen LogP contribution in [0.2, 0.25) is 0 Å². The number of piperidine rings is 1. The van der Waals surface area contributed by atoms with Gasteiger partial charge in [0.05, 0.1) is 47.9 Å². The first-order chi connectivity index (χ1) is 30.8. The molecule has 1 amide bonds. The highest BCUT2D eigenvalue weighted by molar-refractivity contribution is 5.93. The van der Waals surface area contributed by atoms with Gasteiger partial charge in [-0.15, -0.1) is 0 Å². The summed E-state index contributed by atoms with van der Waals surface area (Å²) in [4.78, 5) is 52.7. The second-order valence-electron chi connectivity index (χ2n) is 19.0. The van der Waals surface area contributed by atoms with Crippen LogP contribution in [0.5, 0.6) is 0 Å². The van der Waals surface area contributed by atoms with E-state index in [1.807, 2.05) is 58.5 Å². The fourth-order valence-electron chi connectivity index (χ4n) is 10.0. The second-order valence-corrected chi connectivity index (χ2v) is 19.0. The number of nitriles is 1. The minimum atomic E-state index is -0.779. The number of fused-ring (bicyclic) bond motifs is 4. The number of aryl methyl sites for hydroxylation is 1. The maximum absolute atomic E-state index is 15.2. The molecule has 2 fully saturated rings. The molecular weight excluding hydrogens is 808 g/mol. The number of aliphatic hydroxyl groups is 1. The van der Waals surface area contributed by atoms with E-state index in [1.165, 1.54) is 6.07 Å². The van der Waals surface area contributed by atoms with E-state index in [1.54, 1.807) is 46.1 Å². The van der Waals surface area contributed by atoms with Gasteiger partial charge in [0.2, 0.25) is 0 Å². The number of carbonyl (C=O) groups excluding carboxylic acids is 1. The molecule has 64 heavy (non-hydrogen) atoms. The minimum absolute atomic E-state index is 0.0816. The van der Waals surface area contributed by atoms with Crippen molar-refractivity contribution >= 4 is 28.1 Å². The smallest absolute Gasteiger partial charge is 0.335 e. The number of carbonyl (C=O) groups is 1. The highest BCUT2D eigenvalue weighted by Gasteiger charge is 2.36. The van der Waals surface area contributed by atoms with E-state index < -0.39 is 11.4 Å². The summed E-state index contributed by atoms with van der Waals surface area (Å²) < 4.78 is 20.6. The molecule has 1 aliphatic carbocycles. The number of rotatable bonds is 8. The fourth-order valence-corrected chi connectivity index (χ4v) is 10.0. The maximum Gasteiger partial charge on any atom is 0.335 e. The lowest BCUT2D eigenvalue weighted by Crippen LogP contribution is -2.41. The lowest BCUT2D eigenvalue weighted by molar-refractivity contribution is -0.0387. The number of nitrogens with zero attached hydrogens (tertiary/aromatic N) is 10. The Bertz CT molecular complexity index is 3050. The Labute approximate surface area is 370 Å². The van der Waals surface area contributed by atoms with E-state index in [0.717, 1.165) is 79.5 Å². The van der Waals surface area contributed by atoms with Gasteiger partial charge in [0.25, 0.3) is 5.91 Å². The van der Waals surface area contributed by atoms with Crippen LogP contribution in [0.1, 0.15) is 103 Å². The molecule has 5 aromatic heterocycles. The minimum Gasteiger partial charge on any atom is -0.385 e. The van der Waals surface area contributed by atoms with Crippen LogP contribution in [0.25, 0.3) is 39.3 Å². The Hall–Kier alpha value is -6.56. The topological polar surface area (TPSA) is 151 Å². The van der Waals surface area contributed by atoms with Crippen molar-refractivity contribution < 1.29 is 14.3 Å². The average molecular weight is 859 g/mol. The Morgan fingerprint density at radius 2 is 1.77 bits per heavy atom. The normalized spacial score (nSPS) is 16.8.